The van der Waals surface area contributed by atoms with Gasteiger partial charge in [-0.25, -0.2) is 0 Å². The largest absolute Gasteiger partial charge is 0.465 e. The maximum absolute atomic E-state index is 12.3. The number of amides is 1. The SMILES string of the molecule is Cc1noc(-c2c(NC(=O)/C=C/c3ccco3)sc3c2CCOC3)n1. The summed E-state index contributed by atoms with van der Waals surface area (Å²) in [6.45, 7) is 2.92. The molecule has 0 saturated carbocycles. The van der Waals surface area contributed by atoms with E-state index in [1.54, 1.807) is 31.4 Å². The van der Waals surface area contributed by atoms with Crippen LogP contribution in [0.4, 0.5) is 5.00 Å². The fourth-order valence-corrected chi connectivity index (χ4v) is 3.82. The third-order valence-corrected chi connectivity index (χ3v) is 4.86. The maximum atomic E-state index is 12.3. The summed E-state index contributed by atoms with van der Waals surface area (Å²) in [5, 5.41) is 7.45. The highest BCUT2D eigenvalue weighted by atomic mass is 32.1. The van der Waals surface area contributed by atoms with Crippen LogP contribution in [0.1, 0.15) is 22.0 Å². The van der Waals surface area contributed by atoms with Crippen LogP contribution in [0.2, 0.25) is 0 Å². The summed E-state index contributed by atoms with van der Waals surface area (Å²) >= 11 is 1.48. The first kappa shape index (κ1) is 15.8. The number of nitrogens with zero attached hydrogens (tertiary/aromatic N) is 2. The third kappa shape index (κ3) is 3.26. The average Bonchev–Trinajstić information content (AvgIpc) is 3.32. The molecular formula is C17H15N3O4S. The number of hydrogen-bond donors (Lipinski definition) is 1. The van der Waals surface area contributed by atoms with Gasteiger partial charge in [0.15, 0.2) is 5.82 Å². The Hall–Kier alpha value is -2.71. The van der Waals surface area contributed by atoms with Gasteiger partial charge >= 0.3 is 0 Å². The van der Waals surface area contributed by atoms with Crippen LogP contribution in [0.3, 0.4) is 0 Å². The highest BCUT2D eigenvalue weighted by Crippen LogP contribution is 2.42. The van der Waals surface area contributed by atoms with Crippen LogP contribution in [0.5, 0.6) is 0 Å². The molecule has 128 valence electrons. The second-order valence-corrected chi connectivity index (χ2v) is 6.60. The van der Waals surface area contributed by atoms with Crippen molar-refractivity contribution in [2.24, 2.45) is 0 Å². The second-order valence-electron chi connectivity index (χ2n) is 5.50. The Morgan fingerprint density at radius 2 is 2.36 bits per heavy atom. The number of hydrogen-bond acceptors (Lipinski definition) is 7. The monoisotopic (exact) mass is 357 g/mol. The third-order valence-electron chi connectivity index (χ3n) is 3.74. The van der Waals surface area contributed by atoms with Crippen molar-refractivity contribution in [3.05, 3.63) is 46.5 Å². The van der Waals surface area contributed by atoms with E-state index in [-0.39, 0.29) is 5.91 Å². The van der Waals surface area contributed by atoms with Crippen LogP contribution in [-0.4, -0.2) is 22.7 Å². The van der Waals surface area contributed by atoms with Gasteiger partial charge in [0.2, 0.25) is 5.91 Å². The zero-order valence-corrected chi connectivity index (χ0v) is 14.3. The number of rotatable bonds is 4. The summed E-state index contributed by atoms with van der Waals surface area (Å²) in [5.41, 5.74) is 1.90. The fraction of sp³-hybridized carbons (Fsp3) is 0.235. The summed E-state index contributed by atoms with van der Waals surface area (Å²) in [7, 11) is 0. The number of aryl methyl sites for hydroxylation is 1. The number of carbonyl (C=O) groups is 1. The van der Waals surface area contributed by atoms with Gasteiger partial charge in [-0.3, -0.25) is 4.79 Å². The molecule has 0 aliphatic carbocycles. The number of ether oxygens (including phenoxy) is 1. The molecule has 7 nitrogen and oxygen atoms in total. The molecular weight excluding hydrogens is 342 g/mol. The van der Waals surface area contributed by atoms with E-state index in [1.165, 1.54) is 17.4 Å². The first-order chi connectivity index (χ1) is 12.2. The van der Waals surface area contributed by atoms with Crippen molar-refractivity contribution in [2.45, 2.75) is 20.0 Å². The number of fused-ring (bicyclic) bond motifs is 1. The van der Waals surface area contributed by atoms with Gasteiger partial charge in [0.1, 0.15) is 10.8 Å². The molecule has 1 aliphatic rings. The average molecular weight is 357 g/mol. The molecule has 3 aromatic rings. The number of nitrogens with one attached hydrogen (secondary N) is 1. The minimum atomic E-state index is -0.256. The molecule has 1 amide bonds. The summed E-state index contributed by atoms with van der Waals surface area (Å²) in [5.74, 6) is 1.33. The van der Waals surface area contributed by atoms with Crippen LogP contribution >= 0.6 is 11.3 Å². The van der Waals surface area contributed by atoms with Crippen molar-refractivity contribution in [1.82, 2.24) is 10.1 Å². The lowest BCUT2D eigenvalue weighted by molar-refractivity contribution is -0.111. The summed E-state index contributed by atoms with van der Waals surface area (Å²) in [6, 6.07) is 3.54. The topological polar surface area (TPSA) is 90.4 Å². The molecule has 4 rings (SSSR count). The van der Waals surface area contributed by atoms with Crippen LogP contribution in [0, 0.1) is 6.92 Å². The van der Waals surface area contributed by atoms with Gasteiger partial charge in [-0.15, -0.1) is 11.3 Å². The molecule has 1 aliphatic heterocycles. The van der Waals surface area contributed by atoms with E-state index >= 15 is 0 Å². The van der Waals surface area contributed by atoms with Crippen LogP contribution < -0.4 is 5.32 Å². The second kappa shape index (κ2) is 6.66. The van der Waals surface area contributed by atoms with Crippen LogP contribution in [0.25, 0.3) is 17.5 Å². The lowest BCUT2D eigenvalue weighted by atomic mass is 10.1. The Kier molecular flexibility index (Phi) is 4.21. The highest BCUT2D eigenvalue weighted by molar-refractivity contribution is 7.17. The van der Waals surface area contributed by atoms with E-state index in [0.29, 0.717) is 35.7 Å². The van der Waals surface area contributed by atoms with Gasteiger partial charge < -0.3 is 19.0 Å². The van der Waals surface area contributed by atoms with Gasteiger partial charge in [0.25, 0.3) is 5.89 Å². The van der Waals surface area contributed by atoms with Gasteiger partial charge in [-0.05, 0) is 37.1 Å². The molecule has 1 N–H and O–H groups in total. The van der Waals surface area contributed by atoms with E-state index in [2.05, 4.69) is 15.5 Å². The van der Waals surface area contributed by atoms with Crippen LogP contribution in [0.15, 0.2) is 33.4 Å². The number of thiophene rings is 1. The molecule has 8 heteroatoms. The quantitative estimate of drug-likeness (QED) is 0.720. The maximum Gasteiger partial charge on any atom is 0.261 e. The number of carbonyl (C=O) groups excluding carboxylic acids is 1. The van der Waals surface area contributed by atoms with Crippen molar-refractivity contribution >= 4 is 28.3 Å². The zero-order valence-electron chi connectivity index (χ0n) is 13.4. The molecule has 0 aromatic carbocycles. The molecule has 0 bridgehead atoms. The van der Waals surface area contributed by atoms with Crippen LogP contribution in [-0.2, 0) is 22.6 Å². The molecule has 25 heavy (non-hydrogen) atoms. The van der Waals surface area contributed by atoms with Gasteiger partial charge in [-0.2, -0.15) is 4.98 Å². The van der Waals surface area contributed by atoms with Crippen molar-refractivity contribution in [3.63, 3.8) is 0 Å². The Bertz CT molecular complexity index is 924. The van der Waals surface area contributed by atoms with E-state index < -0.39 is 0 Å². The van der Waals surface area contributed by atoms with Crippen molar-refractivity contribution < 1.29 is 18.5 Å². The lowest BCUT2D eigenvalue weighted by Gasteiger charge is -2.12. The first-order valence-electron chi connectivity index (χ1n) is 7.76. The number of aromatic nitrogens is 2. The van der Waals surface area contributed by atoms with Crippen molar-refractivity contribution in [2.75, 3.05) is 11.9 Å². The highest BCUT2D eigenvalue weighted by Gasteiger charge is 2.26. The van der Waals surface area contributed by atoms with E-state index in [0.717, 1.165) is 22.4 Å². The molecule has 3 aromatic heterocycles. The molecule has 0 fully saturated rings. The standard InChI is InChI=1S/C17H15N3O4S/c1-10-18-16(24-20-10)15-12-6-8-22-9-13(12)25-17(15)19-14(21)5-4-11-3-2-7-23-11/h2-5,7H,6,8-9H2,1H3,(H,19,21)/b5-4+. The number of anilines is 1. The zero-order chi connectivity index (χ0) is 17.2. The molecule has 0 saturated heterocycles. The molecule has 0 atom stereocenters. The molecule has 4 heterocycles. The summed E-state index contributed by atoms with van der Waals surface area (Å²) in [6.07, 6.45) is 5.35. The smallest absolute Gasteiger partial charge is 0.261 e. The molecule has 0 spiro atoms. The van der Waals surface area contributed by atoms with Gasteiger partial charge in [0.05, 0.1) is 25.0 Å². The Morgan fingerprint density at radius 3 is 3.12 bits per heavy atom. The number of furan rings is 1. The fourth-order valence-electron chi connectivity index (χ4n) is 2.64. The first-order valence-corrected chi connectivity index (χ1v) is 8.58. The molecule has 0 radical (unpaired) electrons. The Morgan fingerprint density at radius 1 is 1.44 bits per heavy atom. The predicted octanol–water partition coefficient (Wildman–Crippen LogP) is 3.42. The summed E-state index contributed by atoms with van der Waals surface area (Å²) in [4.78, 5) is 17.7. The van der Waals surface area contributed by atoms with Crippen molar-refractivity contribution in [1.29, 1.82) is 0 Å². The molecule has 0 unspecified atom stereocenters. The van der Waals surface area contributed by atoms with Gasteiger partial charge in [-0.1, -0.05) is 5.16 Å². The predicted molar refractivity (Wildman–Crippen MR) is 92.1 cm³/mol. The lowest BCUT2D eigenvalue weighted by Crippen LogP contribution is -2.09. The van der Waals surface area contributed by atoms with Gasteiger partial charge in [0, 0.05) is 11.0 Å². The Labute approximate surface area is 147 Å². The van der Waals surface area contributed by atoms with E-state index in [9.17, 15) is 4.79 Å². The summed E-state index contributed by atoms with van der Waals surface area (Å²) < 4.78 is 16.0. The van der Waals surface area contributed by atoms with Crippen molar-refractivity contribution in [3.8, 4) is 11.5 Å². The Balaban J connectivity index is 1.64. The normalized spacial score (nSPS) is 14.0. The van der Waals surface area contributed by atoms with E-state index in [1.807, 2.05) is 0 Å². The minimum absolute atomic E-state index is 0.256. The minimum Gasteiger partial charge on any atom is -0.465 e. The van der Waals surface area contributed by atoms with E-state index in [4.69, 9.17) is 13.7 Å².